The number of benzene rings is 1. The first-order chi connectivity index (χ1) is 12.5. The molecule has 7 heteroatoms. The zero-order valence-corrected chi connectivity index (χ0v) is 15.4. The summed E-state index contributed by atoms with van der Waals surface area (Å²) < 4.78 is 10.4. The molecule has 0 saturated heterocycles. The van der Waals surface area contributed by atoms with Gasteiger partial charge in [-0.3, -0.25) is 9.69 Å². The van der Waals surface area contributed by atoms with Crippen molar-refractivity contribution in [1.82, 2.24) is 10.2 Å². The molecule has 26 heavy (non-hydrogen) atoms. The smallest absolute Gasteiger partial charge is 0.317 e. The molecule has 2 aliphatic rings. The van der Waals surface area contributed by atoms with Crippen LogP contribution in [-0.4, -0.2) is 60.5 Å². The topological polar surface area (TPSA) is 91.3 Å². The molecule has 0 atom stereocenters. The number of carboxylic acids is 1. The first kappa shape index (κ1) is 18.8. The molecule has 1 aromatic rings. The summed E-state index contributed by atoms with van der Waals surface area (Å²) in [5.41, 5.74) is 0.973. The van der Waals surface area contributed by atoms with Gasteiger partial charge >= 0.3 is 5.97 Å². The number of hydrogen-bond acceptors (Lipinski definition) is 6. The molecule has 0 bridgehead atoms. The highest BCUT2D eigenvalue weighted by molar-refractivity contribution is 5.69. The number of phenols is 1. The van der Waals surface area contributed by atoms with E-state index in [1.165, 1.54) is 27.1 Å². The van der Waals surface area contributed by atoms with Gasteiger partial charge in [-0.2, -0.15) is 0 Å². The minimum atomic E-state index is -0.745. The number of phenolic OH excluding ortho intramolecular Hbond substituents is 1. The number of carbonyl (C=O) groups is 1. The minimum absolute atomic E-state index is 0.00634. The molecule has 0 radical (unpaired) electrons. The third kappa shape index (κ3) is 4.59. The molecule has 144 valence electrons. The fourth-order valence-electron chi connectivity index (χ4n) is 3.51. The Balaban J connectivity index is 1.50. The summed E-state index contributed by atoms with van der Waals surface area (Å²) in [4.78, 5) is 13.2. The van der Waals surface area contributed by atoms with Crippen LogP contribution >= 0.6 is 0 Å². The van der Waals surface area contributed by atoms with Gasteiger partial charge in [-0.15, -0.1) is 0 Å². The Morgan fingerprint density at radius 2 is 1.85 bits per heavy atom. The Bertz CT molecular complexity index is 616. The molecule has 2 aliphatic carbocycles. The highest BCUT2D eigenvalue weighted by Crippen LogP contribution is 2.37. The maximum atomic E-state index is 11.1. The van der Waals surface area contributed by atoms with Crippen LogP contribution in [-0.2, 0) is 11.3 Å². The van der Waals surface area contributed by atoms with Gasteiger partial charge in [0.25, 0.3) is 0 Å². The van der Waals surface area contributed by atoms with E-state index in [0.717, 1.165) is 24.9 Å². The molecule has 0 unspecified atom stereocenters. The van der Waals surface area contributed by atoms with E-state index in [9.17, 15) is 9.90 Å². The summed E-state index contributed by atoms with van der Waals surface area (Å²) >= 11 is 0. The van der Waals surface area contributed by atoms with Crippen molar-refractivity contribution in [3.05, 3.63) is 17.7 Å². The quantitative estimate of drug-likeness (QED) is 0.583. The Morgan fingerprint density at radius 1 is 1.23 bits per heavy atom. The Morgan fingerprint density at radius 3 is 2.35 bits per heavy atom. The van der Waals surface area contributed by atoms with Crippen molar-refractivity contribution in [2.75, 3.05) is 27.3 Å². The molecule has 2 fully saturated rings. The van der Waals surface area contributed by atoms with E-state index in [4.69, 9.17) is 14.6 Å². The lowest BCUT2D eigenvalue weighted by Gasteiger charge is -2.43. The molecule has 2 saturated carbocycles. The second kappa shape index (κ2) is 8.14. The van der Waals surface area contributed by atoms with Crippen molar-refractivity contribution in [2.24, 2.45) is 5.92 Å². The highest BCUT2D eigenvalue weighted by atomic mass is 16.5. The van der Waals surface area contributed by atoms with Gasteiger partial charge < -0.3 is 25.0 Å². The molecular weight excluding hydrogens is 336 g/mol. The maximum Gasteiger partial charge on any atom is 0.317 e. The van der Waals surface area contributed by atoms with Crippen LogP contribution in [0, 0.1) is 5.92 Å². The molecule has 0 spiro atoms. The highest BCUT2D eigenvalue weighted by Gasteiger charge is 2.36. The first-order valence-corrected chi connectivity index (χ1v) is 9.13. The van der Waals surface area contributed by atoms with Crippen LogP contribution in [0.2, 0.25) is 0 Å². The fraction of sp³-hybridized carbons (Fsp3) is 0.632. The monoisotopic (exact) mass is 364 g/mol. The van der Waals surface area contributed by atoms with E-state index >= 15 is 0 Å². The Labute approximate surface area is 153 Å². The number of aliphatic carboxylic acids is 1. The van der Waals surface area contributed by atoms with Crippen LogP contribution in [0.1, 0.15) is 31.2 Å². The average Bonchev–Trinajstić information content (AvgIpc) is 3.37. The van der Waals surface area contributed by atoms with Crippen molar-refractivity contribution in [3.8, 4) is 17.2 Å². The Kier molecular flexibility index (Phi) is 5.88. The summed E-state index contributed by atoms with van der Waals surface area (Å²) in [6.45, 7) is 1.70. The van der Waals surface area contributed by atoms with Crippen molar-refractivity contribution in [2.45, 2.75) is 44.3 Å². The number of nitrogens with one attached hydrogen (secondary N) is 1. The third-order valence-corrected chi connectivity index (χ3v) is 5.29. The van der Waals surface area contributed by atoms with Crippen molar-refractivity contribution in [1.29, 1.82) is 0 Å². The van der Waals surface area contributed by atoms with Crippen LogP contribution in [0.4, 0.5) is 0 Å². The lowest BCUT2D eigenvalue weighted by Crippen LogP contribution is -2.54. The normalized spacial score (nSPS) is 22.1. The molecule has 0 heterocycles. The SMILES string of the molecule is COc1cc(CNC2CC(N(CC(=O)O)CC3CC3)C2)cc(OC)c1O. The fourth-order valence-corrected chi connectivity index (χ4v) is 3.51. The van der Waals surface area contributed by atoms with E-state index in [-0.39, 0.29) is 12.3 Å². The van der Waals surface area contributed by atoms with Crippen molar-refractivity contribution < 1.29 is 24.5 Å². The molecule has 1 aromatic carbocycles. The van der Waals surface area contributed by atoms with Crippen LogP contribution in [0.5, 0.6) is 17.2 Å². The molecule has 3 rings (SSSR count). The van der Waals surface area contributed by atoms with Crippen LogP contribution in [0.3, 0.4) is 0 Å². The first-order valence-electron chi connectivity index (χ1n) is 9.13. The molecule has 0 amide bonds. The molecule has 7 nitrogen and oxygen atoms in total. The number of ether oxygens (including phenoxy) is 2. The predicted octanol–water partition coefficient (Wildman–Crippen LogP) is 1.83. The van der Waals surface area contributed by atoms with Gasteiger partial charge in [0.2, 0.25) is 5.75 Å². The minimum Gasteiger partial charge on any atom is -0.502 e. The van der Waals surface area contributed by atoms with Crippen LogP contribution in [0.15, 0.2) is 12.1 Å². The predicted molar refractivity (Wildman–Crippen MR) is 96.8 cm³/mol. The Hall–Kier alpha value is -1.99. The van der Waals surface area contributed by atoms with E-state index < -0.39 is 5.97 Å². The standard InChI is InChI=1S/C19H28N2O5/c1-25-16-5-13(6-17(26-2)19(16)24)9-20-14-7-15(8-14)21(11-18(22)23)10-12-3-4-12/h5-6,12,14-15,20,24H,3-4,7-11H2,1-2H3,(H,22,23). The second-order valence-corrected chi connectivity index (χ2v) is 7.32. The van der Waals surface area contributed by atoms with Crippen molar-refractivity contribution >= 4 is 5.97 Å². The zero-order chi connectivity index (χ0) is 18.7. The number of carboxylic acid groups (broad SMARTS) is 1. The largest absolute Gasteiger partial charge is 0.502 e. The second-order valence-electron chi connectivity index (χ2n) is 7.32. The summed E-state index contributed by atoms with van der Waals surface area (Å²) in [7, 11) is 3.03. The third-order valence-electron chi connectivity index (χ3n) is 5.29. The van der Waals surface area contributed by atoms with Gasteiger partial charge in [0.05, 0.1) is 20.8 Å². The van der Waals surface area contributed by atoms with Crippen LogP contribution < -0.4 is 14.8 Å². The number of methoxy groups -OCH3 is 2. The molecular formula is C19H28N2O5. The summed E-state index contributed by atoms with van der Waals surface area (Å²) in [5, 5.41) is 22.6. The van der Waals surface area contributed by atoms with E-state index in [2.05, 4.69) is 10.2 Å². The van der Waals surface area contributed by atoms with E-state index in [1.807, 2.05) is 0 Å². The lowest BCUT2D eigenvalue weighted by atomic mass is 9.85. The van der Waals surface area contributed by atoms with Gasteiger partial charge in [0.1, 0.15) is 0 Å². The number of aromatic hydroxyl groups is 1. The molecule has 0 aromatic heterocycles. The van der Waals surface area contributed by atoms with Crippen molar-refractivity contribution in [3.63, 3.8) is 0 Å². The summed E-state index contributed by atoms with van der Waals surface area (Å²) in [5.74, 6) is 0.741. The van der Waals surface area contributed by atoms with Gasteiger partial charge in [-0.25, -0.2) is 0 Å². The van der Waals surface area contributed by atoms with E-state index in [1.54, 1.807) is 12.1 Å². The lowest BCUT2D eigenvalue weighted by molar-refractivity contribution is -0.139. The van der Waals surface area contributed by atoms with Gasteiger partial charge in [-0.05, 0) is 49.3 Å². The van der Waals surface area contributed by atoms with E-state index in [0.29, 0.717) is 36.0 Å². The molecule has 3 N–H and O–H groups in total. The number of rotatable bonds is 10. The van der Waals surface area contributed by atoms with Gasteiger partial charge in [0, 0.05) is 25.2 Å². The summed E-state index contributed by atoms with van der Waals surface area (Å²) in [6.07, 6.45) is 4.39. The number of hydrogen-bond donors (Lipinski definition) is 3. The number of nitrogens with zero attached hydrogens (tertiary/aromatic N) is 1. The molecule has 0 aliphatic heterocycles. The van der Waals surface area contributed by atoms with Gasteiger partial charge in [-0.1, -0.05) is 0 Å². The average molecular weight is 364 g/mol. The van der Waals surface area contributed by atoms with Crippen LogP contribution in [0.25, 0.3) is 0 Å². The zero-order valence-electron chi connectivity index (χ0n) is 15.4. The van der Waals surface area contributed by atoms with Gasteiger partial charge in [0.15, 0.2) is 11.5 Å². The summed E-state index contributed by atoms with van der Waals surface area (Å²) in [6, 6.07) is 4.32. The maximum absolute atomic E-state index is 11.1.